The number of sulfonamides is 1. The summed E-state index contributed by atoms with van der Waals surface area (Å²) < 4.78 is 25.1. The maximum Gasteiger partial charge on any atom is 0.239 e. The van der Waals surface area contributed by atoms with Crippen molar-refractivity contribution >= 4 is 21.2 Å². The molecule has 7 nitrogen and oxygen atoms in total. The Balaban J connectivity index is 2.14. The van der Waals surface area contributed by atoms with Gasteiger partial charge < -0.3 is 14.6 Å². The molecule has 21 heavy (non-hydrogen) atoms. The van der Waals surface area contributed by atoms with Gasteiger partial charge in [0.15, 0.2) is 0 Å². The lowest BCUT2D eigenvalue weighted by molar-refractivity contribution is 0.407. The average molecular weight is 309 g/mol. The first-order valence-corrected chi connectivity index (χ1v) is 8.39. The number of fused-ring (bicyclic) bond motifs is 1. The third kappa shape index (κ3) is 2.74. The van der Waals surface area contributed by atoms with E-state index in [9.17, 15) is 8.42 Å². The van der Waals surface area contributed by atoms with Crippen LogP contribution >= 0.6 is 0 Å². The Morgan fingerprint density at radius 3 is 2.62 bits per heavy atom. The number of anilines is 1. The van der Waals surface area contributed by atoms with Crippen molar-refractivity contribution in [2.45, 2.75) is 30.8 Å². The molecule has 0 saturated carbocycles. The van der Waals surface area contributed by atoms with Crippen molar-refractivity contribution in [2.75, 3.05) is 18.0 Å². The quantitative estimate of drug-likeness (QED) is 0.825. The Morgan fingerprint density at radius 2 is 2.00 bits per heavy atom. The van der Waals surface area contributed by atoms with Crippen LogP contribution in [0.15, 0.2) is 29.7 Å². The molecule has 1 saturated heterocycles. The predicted molar refractivity (Wildman–Crippen MR) is 80.8 cm³/mol. The first kappa shape index (κ1) is 14.3. The van der Waals surface area contributed by atoms with Crippen LogP contribution in [0.3, 0.4) is 0 Å². The van der Waals surface area contributed by atoms with E-state index in [1.54, 1.807) is 23.0 Å². The van der Waals surface area contributed by atoms with Crippen LogP contribution in [0.1, 0.15) is 13.8 Å². The SMILES string of the molecule is C[C@H]1CN(c2cc(S(N)(=O)=O)cn3cncc23)C[C@H](C)N1. The van der Waals surface area contributed by atoms with Crippen LogP contribution in [0.25, 0.3) is 5.52 Å². The van der Waals surface area contributed by atoms with Crippen molar-refractivity contribution in [2.24, 2.45) is 5.14 Å². The molecule has 1 aliphatic heterocycles. The Bertz CT molecular complexity index is 760. The maximum atomic E-state index is 11.7. The van der Waals surface area contributed by atoms with Gasteiger partial charge in [0.1, 0.15) is 4.90 Å². The molecule has 0 aliphatic carbocycles. The van der Waals surface area contributed by atoms with Gasteiger partial charge in [-0.2, -0.15) is 0 Å². The summed E-state index contributed by atoms with van der Waals surface area (Å²) in [4.78, 5) is 6.38. The zero-order valence-corrected chi connectivity index (χ0v) is 12.8. The Hall–Kier alpha value is -1.64. The van der Waals surface area contributed by atoms with E-state index >= 15 is 0 Å². The lowest BCUT2D eigenvalue weighted by Gasteiger charge is -2.38. The fourth-order valence-corrected chi connectivity index (χ4v) is 3.46. The third-order valence-electron chi connectivity index (χ3n) is 3.70. The first-order valence-electron chi connectivity index (χ1n) is 6.84. The highest BCUT2D eigenvalue weighted by Crippen LogP contribution is 2.26. The topological polar surface area (TPSA) is 92.7 Å². The molecule has 3 rings (SSSR count). The number of nitrogens with zero attached hydrogens (tertiary/aromatic N) is 3. The van der Waals surface area contributed by atoms with Gasteiger partial charge in [-0.3, -0.25) is 0 Å². The highest BCUT2D eigenvalue weighted by atomic mass is 32.2. The van der Waals surface area contributed by atoms with Gasteiger partial charge in [-0.15, -0.1) is 0 Å². The number of piperazine rings is 1. The third-order valence-corrected chi connectivity index (χ3v) is 4.58. The number of primary sulfonamides is 1. The van der Waals surface area contributed by atoms with Crippen molar-refractivity contribution in [1.29, 1.82) is 0 Å². The van der Waals surface area contributed by atoms with Gasteiger partial charge >= 0.3 is 0 Å². The molecule has 2 aromatic rings. The number of nitrogens with two attached hydrogens (primary N) is 1. The molecule has 2 aromatic heterocycles. The minimum absolute atomic E-state index is 0.0989. The summed E-state index contributed by atoms with van der Waals surface area (Å²) in [6.45, 7) is 5.83. The molecule has 3 N–H and O–H groups in total. The minimum Gasteiger partial charge on any atom is -0.367 e. The summed E-state index contributed by atoms with van der Waals surface area (Å²) in [5.74, 6) is 0. The van der Waals surface area contributed by atoms with Crippen LogP contribution in [0.4, 0.5) is 5.69 Å². The van der Waals surface area contributed by atoms with Gasteiger partial charge in [0.2, 0.25) is 10.0 Å². The number of imidazole rings is 1. The fourth-order valence-electron chi connectivity index (χ4n) is 2.92. The molecule has 3 heterocycles. The van der Waals surface area contributed by atoms with Gasteiger partial charge in [0, 0.05) is 31.4 Å². The van der Waals surface area contributed by atoms with Gasteiger partial charge in [0.25, 0.3) is 0 Å². The summed E-state index contributed by atoms with van der Waals surface area (Å²) in [6.07, 6.45) is 4.82. The van der Waals surface area contributed by atoms with Gasteiger partial charge in [-0.1, -0.05) is 0 Å². The molecular weight excluding hydrogens is 290 g/mol. The minimum atomic E-state index is -3.75. The Labute approximate surface area is 123 Å². The number of aromatic nitrogens is 2. The molecule has 8 heteroatoms. The highest BCUT2D eigenvalue weighted by Gasteiger charge is 2.24. The molecule has 0 radical (unpaired) electrons. The zero-order valence-electron chi connectivity index (χ0n) is 12.0. The molecule has 0 amide bonds. The predicted octanol–water partition coefficient (Wildman–Crippen LogP) is 0.168. The summed E-state index contributed by atoms with van der Waals surface area (Å²) in [5, 5.41) is 8.74. The molecule has 114 valence electrons. The second-order valence-corrected chi connectivity index (χ2v) is 7.23. The molecule has 0 aromatic carbocycles. The first-order chi connectivity index (χ1) is 9.84. The van der Waals surface area contributed by atoms with E-state index in [0.29, 0.717) is 12.1 Å². The van der Waals surface area contributed by atoms with Crippen LogP contribution < -0.4 is 15.4 Å². The van der Waals surface area contributed by atoms with E-state index in [4.69, 9.17) is 5.14 Å². The highest BCUT2D eigenvalue weighted by molar-refractivity contribution is 7.89. The number of pyridine rings is 1. The lowest BCUT2D eigenvalue weighted by atomic mass is 10.1. The zero-order chi connectivity index (χ0) is 15.2. The number of hydrogen-bond acceptors (Lipinski definition) is 5. The van der Waals surface area contributed by atoms with Gasteiger partial charge in [-0.05, 0) is 19.9 Å². The van der Waals surface area contributed by atoms with Crippen molar-refractivity contribution in [1.82, 2.24) is 14.7 Å². The Morgan fingerprint density at radius 1 is 1.33 bits per heavy atom. The summed E-state index contributed by atoms with van der Waals surface area (Å²) >= 11 is 0. The number of hydrogen-bond donors (Lipinski definition) is 2. The standard InChI is InChI=1S/C13H19N5O2S/c1-9-5-17(6-10(2)16-9)12-3-11(21(14,19)20)7-18-8-15-4-13(12)18/h3-4,7-10,16H,5-6H2,1-2H3,(H2,14,19,20)/t9-,10-/m0/s1. The normalized spacial score (nSPS) is 23.7. The smallest absolute Gasteiger partial charge is 0.239 e. The van der Waals surface area contributed by atoms with Crippen molar-refractivity contribution in [3.63, 3.8) is 0 Å². The maximum absolute atomic E-state index is 11.7. The van der Waals surface area contributed by atoms with E-state index in [-0.39, 0.29) is 4.90 Å². The van der Waals surface area contributed by atoms with Crippen LogP contribution in [-0.4, -0.2) is 43.0 Å². The van der Waals surface area contributed by atoms with Crippen molar-refractivity contribution in [3.05, 3.63) is 24.8 Å². The fraction of sp³-hybridized carbons (Fsp3) is 0.462. The summed E-state index contributed by atoms with van der Waals surface area (Å²) in [5.41, 5.74) is 1.72. The monoisotopic (exact) mass is 309 g/mol. The molecule has 1 fully saturated rings. The van der Waals surface area contributed by atoms with Crippen molar-refractivity contribution < 1.29 is 8.42 Å². The number of nitrogens with one attached hydrogen (secondary N) is 1. The molecule has 0 unspecified atom stereocenters. The Kier molecular flexibility index (Phi) is 3.39. The lowest BCUT2D eigenvalue weighted by Crippen LogP contribution is -2.54. The van der Waals surface area contributed by atoms with E-state index in [2.05, 4.69) is 29.0 Å². The molecular formula is C13H19N5O2S. The van der Waals surface area contributed by atoms with E-state index in [1.165, 1.54) is 6.20 Å². The molecule has 0 spiro atoms. The van der Waals surface area contributed by atoms with E-state index < -0.39 is 10.0 Å². The summed E-state index contributed by atoms with van der Waals surface area (Å²) in [7, 11) is -3.75. The van der Waals surface area contributed by atoms with E-state index in [0.717, 1.165) is 24.3 Å². The van der Waals surface area contributed by atoms with Crippen LogP contribution in [0.2, 0.25) is 0 Å². The van der Waals surface area contributed by atoms with Gasteiger partial charge in [0.05, 0.1) is 23.7 Å². The largest absolute Gasteiger partial charge is 0.367 e. The van der Waals surface area contributed by atoms with E-state index in [1.807, 2.05) is 0 Å². The van der Waals surface area contributed by atoms with Crippen LogP contribution in [0.5, 0.6) is 0 Å². The van der Waals surface area contributed by atoms with Crippen LogP contribution in [-0.2, 0) is 10.0 Å². The second kappa shape index (κ2) is 4.97. The number of rotatable bonds is 2. The average Bonchev–Trinajstić information content (AvgIpc) is 2.83. The second-order valence-electron chi connectivity index (χ2n) is 5.67. The van der Waals surface area contributed by atoms with Gasteiger partial charge in [-0.25, -0.2) is 18.5 Å². The molecule has 2 atom stereocenters. The molecule has 0 bridgehead atoms. The molecule has 1 aliphatic rings. The van der Waals surface area contributed by atoms with Crippen LogP contribution in [0, 0.1) is 0 Å². The van der Waals surface area contributed by atoms with Crippen molar-refractivity contribution in [3.8, 4) is 0 Å². The summed E-state index contributed by atoms with van der Waals surface area (Å²) in [6, 6.07) is 2.29.